The van der Waals surface area contributed by atoms with Gasteiger partial charge in [0.15, 0.2) is 0 Å². The first kappa shape index (κ1) is 9.75. The van der Waals surface area contributed by atoms with Crippen molar-refractivity contribution in [3.63, 3.8) is 0 Å². The SMILES string of the molecule is N#CCc1cc(F)cc(Cl)c1I. The van der Waals surface area contributed by atoms with Crippen molar-refractivity contribution in [3.05, 3.63) is 32.1 Å². The fourth-order valence-corrected chi connectivity index (χ4v) is 1.55. The van der Waals surface area contributed by atoms with E-state index in [2.05, 4.69) is 0 Å². The molecule has 1 aromatic rings. The highest BCUT2D eigenvalue weighted by Gasteiger charge is 2.06. The molecule has 0 radical (unpaired) electrons. The van der Waals surface area contributed by atoms with Crippen LogP contribution in [0, 0.1) is 20.7 Å². The molecule has 1 aromatic carbocycles. The van der Waals surface area contributed by atoms with Crippen molar-refractivity contribution in [1.82, 2.24) is 0 Å². The first-order valence-corrected chi connectivity index (χ1v) is 4.61. The molecule has 1 nitrogen and oxygen atoms in total. The largest absolute Gasteiger partial charge is 0.207 e. The Morgan fingerprint density at radius 3 is 2.83 bits per heavy atom. The predicted molar refractivity (Wildman–Crippen MR) is 53.4 cm³/mol. The van der Waals surface area contributed by atoms with Crippen LogP contribution in [0.4, 0.5) is 4.39 Å². The molecule has 1 rings (SSSR count). The van der Waals surface area contributed by atoms with Gasteiger partial charge in [-0.15, -0.1) is 0 Å². The van der Waals surface area contributed by atoms with Crippen molar-refractivity contribution in [2.45, 2.75) is 6.42 Å². The molecule has 0 atom stereocenters. The fraction of sp³-hybridized carbons (Fsp3) is 0.125. The maximum Gasteiger partial charge on any atom is 0.125 e. The molecule has 62 valence electrons. The summed E-state index contributed by atoms with van der Waals surface area (Å²) in [6.45, 7) is 0. The third kappa shape index (κ3) is 2.08. The smallest absolute Gasteiger partial charge is 0.125 e. The Labute approximate surface area is 88.3 Å². The average Bonchev–Trinajstić information content (AvgIpc) is 2.00. The molecule has 0 saturated carbocycles. The number of hydrogen-bond donors (Lipinski definition) is 0. The van der Waals surface area contributed by atoms with E-state index in [0.717, 1.165) is 3.57 Å². The second-order valence-corrected chi connectivity index (χ2v) is 3.68. The Bertz CT molecular complexity index is 346. The van der Waals surface area contributed by atoms with E-state index in [-0.39, 0.29) is 6.42 Å². The van der Waals surface area contributed by atoms with Crippen LogP contribution in [0.2, 0.25) is 5.02 Å². The summed E-state index contributed by atoms with van der Waals surface area (Å²) in [4.78, 5) is 0. The quantitative estimate of drug-likeness (QED) is 0.577. The molecule has 0 aliphatic rings. The molecule has 4 heteroatoms. The number of rotatable bonds is 1. The molecular weight excluding hydrogens is 291 g/mol. The molecule has 0 saturated heterocycles. The molecule has 0 spiro atoms. The van der Waals surface area contributed by atoms with E-state index in [1.54, 1.807) is 0 Å². The Morgan fingerprint density at radius 2 is 2.25 bits per heavy atom. The Morgan fingerprint density at radius 1 is 1.58 bits per heavy atom. The lowest BCUT2D eigenvalue weighted by molar-refractivity contribution is 0.626. The molecule has 0 aromatic heterocycles. The van der Waals surface area contributed by atoms with Crippen molar-refractivity contribution in [3.8, 4) is 6.07 Å². The summed E-state index contributed by atoms with van der Waals surface area (Å²) in [5.41, 5.74) is 0.642. The highest BCUT2D eigenvalue weighted by molar-refractivity contribution is 14.1. The number of nitriles is 1. The minimum Gasteiger partial charge on any atom is -0.207 e. The fourth-order valence-electron chi connectivity index (χ4n) is 0.823. The van der Waals surface area contributed by atoms with E-state index >= 15 is 0 Å². The van der Waals surface area contributed by atoms with Crippen molar-refractivity contribution in [2.75, 3.05) is 0 Å². The maximum absolute atomic E-state index is 12.7. The molecule has 0 amide bonds. The summed E-state index contributed by atoms with van der Waals surface area (Å²) in [6, 6.07) is 4.52. The average molecular weight is 295 g/mol. The highest BCUT2D eigenvalue weighted by atomic mass is 127. The predicted octanol–water partition coefficient (Wildman–Crippen LogP) is 3.15. The van der Waals surface area contributed by atoms with E-state index in [0.29, 0.717) is 10.6 Å². The van der Waals surface area contributed by atoms with Crippen LogP contribution in [0.3, 0.4) is 0 Å². The second kappa shape index (κ2) is 4.06. The molecule has 0 aliphatic carbocycles. The van der Waals surface area contributed by atoms with E-state index in [1.807, 2.05) is 28.7 Å². The van der Waals surface area contributed by atoms with Crippen LogP contribution < -0.4 is 0 Å². The first-order valence-electron chi connectivity index (χ1n) is 3.15. The van der Waals surface area contributed by atoms with Crippen LogP contribution in [0.1, 0.15) is 5.56 Å². The van der Waals surface area contributed by atoms with Gasteiger partial charge < -0.3 is 0 Å². The number of halogens is 3. The number of nitrogens with zero attached hydrogens (tertiary/aromatic N) is 1. The summed E-state index contributed by atoms with van der Waals surface area (Å²) < 4.78 is 13.5. The zero-order valence-corrected chi connectivity index (χ0v) is 8.86. The maximum atomic E-state index is 12.7. The van der Waals surface area contributed by atoms with Crippen LogP contribution in [0.5, 0.6) is 0 Å². The normalized spacial score (nSPS) is 9.50. The summed E-state index contributed by atoms with van der Waals surface area (Å²) in [5.74, 6) is -0.398. The molecule has 0 bridgehead atoms. The number of benzene rings is 1. The van der Waals surface area contributed by atoms with Gasteiger partial charge in [-0.25, -0.2) is 4.39 Å². The Kier molecular flexibility index (Phi) is 3.29. The van der Waals surface area contributed by atoms with E-state index in [9.17, 15) is 4.39 Å². The molecule has 0 aliphatic heterocycles. The lowest BCUT2D eigenvalue weighted by Crippen LogP contribution is -1.90. The zero-order chi connectivity index (χ0) is 9.14. The molecular formula is C8H4ClFIN. The van der Waals surface area contributed by atoms with Crippen LogP contribution in [-0.4, -0.2) is 0 Å². The minimum atomic E-state index is -0.398. The van der Waals surface area contributed by atoms with Gasteiger partial charge in [0.05, 0.1) is 17.5 Å². The lowest BCUT2D eigenvalue weighted by Gasteiger charge is -2.01. The number of hydrogen-bond acceptors (Lipinski definition) is 1. The first-order chi connectivity index (χ1) is 5.65. The van der Waals surface area contributed by atoms with Gasteiger partial charge >= 0.3 is 0 Å². The van der Waals surface area contributed by atoms with Gasteiger partial charge in [0.25, 0.3) is 0 Å². The standard InChI is InChI=1S/C8H4ClFIN/c9-7-4-6(10)3-5(1-2-12)8(7)11/h3-4H,1H2. The van der Waals surface area contributed by atoms with Crippen LogP contribution in [-0.2, 0) is 6.42 Å². The van der Waals surface area contributed by atoms with Crippen LogP contribution in [0.25, 0.3) is 0 Å². The third-order valence-corrected chi connectivity index (χ3v) is 3.23. The van der Waals surface area contributed by atoms with Gasteiger partial charge in [-0.05, 0) is 40.3 Å². The van der Waals surface area contributed by atoms with Crippen molar-refractivity contribution >= 4 is 34.2 Å². The summed E-state index contributed by atoms with van der Waals surface area (Å²) >= 11 is 7.69. The zero-order valence-electron chi connectivity index (χ0n) is 5.94. The topological polar surface area (TPSA) is 23.8 Å². The Balaban J connectivity index is 3.20. The van der Waals surface area contributed by atoms with Crippen molar-refractivity contribution in [2.24, 2.45) is 0 Å². The second-order valence-electron chi connectivity index (χ2n) is 2.20. The van der Waals surface area contributed by atoms with Gasteiger partial charge in [0.1, 0.15) is 5.82 Å². The molecule has 0 fully saturated rings. The van der Waals surface area contributed by atoms with Gasteiger partial charge in [0.2, 0.25) is 0 Å². The highest BCUT2D eigenvalue weighted by Crippen LogP contribution is 2.23. The monoisotopic (exact) mass is 295 g/mol. The molecule has 0 N–H and O–H groups in total. The Hall–Kier alpha value is -0.340. The minimum absolute atomic E-state index is 0.190. The van der Waals surface area contributed by atoms with Crippen LogP contribution in [0.15, 0.2) is 12.1 Å². The third-order valence-electron chi connectivity index (χ3n) is 1.34. The van der Waals surface area contributed by atoms with Crippen molar-refractivity contribution in [1.29, 1.82) is 5.26 Å². The van der Waals surface area contributed by atoms with E-state index < -0.39 is 5.82 Å². The van der Waals surface area contributed by atoms with Gasteiger partial charge in [-0.3, -0.25) is 0 Å². The van der Waals surface area contributed by atoms with E-state index in [4.69, 9.17) is 16.9 Å². The van der Waals surface area contributed by atoms with Gasteiger partial charge in [-0.1, -0.05) is 11.6 Å². The molecule has 0 unspecified atom stereocenters. The van der Waals surface area contributed by atoms with Gasteiger partial charge in [0, 0.05) is 3.57 Å². The van der Waals surface area contributed by atoms with Gasteiger partial charge in [-0.2, -0.15) is 5.26 Å². The summed E-state index contributed by atoms with van der Waals surface area (Å²) in [7, 11) is 0. The lowest BCUT2D eigenvalue weighted by atomic mass is 10.2. The molecule has 0 heterocycles. The summed E-state index contributed by atoms with van der Waals surface area (Å²) in [5, 5.41) is 8.77. The van der Waals surface area contributed by atoms with E-state index in [1.165, 1.54) is 12.1 Å². The molecule has 12 heavy (non-hydrogen) atoms. The van der Waals surface area contributed by atoms with Crippen LogP contribution >= 0.6 is 34.2 Å². The van der Waals surface area contributed by atoms with Crippen molar-refractivity contribution < 1.29 is 4.39 Å². The summed E-state index contributed by atoms with van der Waals surface area (Å²) in [6.07, 6.45) is 0.190.